The first-order valence-corrected chi connectivity index (χ1v) is 4.96. The molecule has 0 radical (unpaired) electrons. The number of rotatable bonds is 3. The second-order valence-corrected chi connectivity index (χ2v) is 3.57. The first kappa shape index (κ1) is 13.0. The van der Waals surface area contributed by atoms with Crippen molar-refractivity contribution in [3.8, 4) is 0 Å². The van der Waals surface area contributed by atoms with Crippen molar-refractivity contribution < 1.29 is 14.0 Å². The summed E-state index contributed by atoms with van der Waals surface area (Å²) < 4.78 is 12.9. The molecule has 0 fully saturated rings. The van der Waals surface area contributed by atoms with Gasteiger partial charge in [0.15, 0.2) is 0 Å². The molecule has 0 spiro atoms. The van der Waals surface area contributed by atoms with Crippen LogP contribution in [-0.2, 0) is 4.79 Å². The van der Waals surface area contributed by atoms with Crippen molar-refractivity contribution in [3.05, 3.63) is 29.6 Å². The summed E-state index contributed by atoms with van der Waals surface area (Å²) in [6.45, 7) is -0.0629. The number of hydrogen-bond acceptors (Lipinski definition) is 3. The molecule has 0 heterocycles. The van der Waals surface area contributed by atoms with Gasteiger partial charge in [0, 0.05) is 19.7 Å². The number of nitrogen functional groups attached to an aromatic ring is 1. The normalized spacial score (nSPS) is 9.82. The number of nitrogens with zero attached hydrogens (tertiary/aromatic N) is 1. The maximum atomic E-state index is 12.9. The second-order valence-electron chi connectivity index (χ2n) is 3.57. The number of hydrogen-bond donors (Lipinski definition) is 2. The van der Waals surface area contributed by atoms with Crippen LogP contribution in [0.3, 0.4) is 0 Å². The quantitative estimate of drug-likeness (QED) is 0.741. The number of carbonyl (C=O) groups is 2. The van der Waals surface area contributed by atoms with Gasteiger partial charge in [0.2, 0.25) is 5.91 Å². The van der Waals surface area contributed by atoms with Crippen molar-refractivity contribution >= 4 is 17.5 Å². The summed E-state index contributed by atoms with van der Waals surface area (Å²) in [5.74, 6) is -1.24. The molecule has 0 aromatic heterocycles. The van der Waals surface area contributed by atoms with E-state index in [0.717, 1.165) is 6.07 Å². The minimum Gasteiger partial charge on any atom is -0.396 e. The molecule has 0 aliphatic heterocycles. The lowest BCUT2D eigenvalue weighted by molar-refractivity contribution is -0.121. The molecule has 3 N–H and O–H groups in total. The third kappa shape index (κ3) is 3.17. The molecule has 0 atom stereocenters. The van der Waals surface area contributed by atoms with Crippen molar-refractivity contribution in [1.82, 2.24) is 10.2 Å². The summed E-state index contributed by atoms with van der Waals surface area (Å²) in [5, 5.41) is 2.41. The van der Waals surface area contributed by atoms with E-state index in [1.165, 1.54) is 31.1 Å². The van der Waals surface area contributed by atoms with E-state index in [0.29, 0.717) is 0 Å². The maximum Gasteiger partial charge on any atom is 0.254 e. The fraction of sp³-hybridized carbons (Fsp3) is 0.273. The fourth-order valence-corrected chi connectivity index (χ4v) is 1.26. The Balaban J connectivity index is 2.81. The lowest BCUT2D eigenvalue weighted by Crippen LogP contribution is -2.36. The highest BCUT2D eigenvalue weighted by Gasteiger charge is 2.15. The van der Waals surface area contributed by atoms with Gasteiger partial charge >= 0.3 is 0 Å². The van der Waals surface area contributed by atoms with Gasteiger partial charge in [-0.3, -0.25) is 9.59 Å². The van der Waals surface area contributed by atoms with Crippen molar-refractivity contribution in [2.75, 3.05) is 26.4 Å². The Morgan fingerprint density at radius 1 is 1.47 bits per heavy atom. The number of likely N-dealkylation sites (N-methyl/N-ethyl adjacent to an activating group) is 2. The highest BCUT2D eigenvalue weighted by molar-refractivity contribution is 5.97. The lowest BCUT2D eigenvalue weighted by Gasteiger charge is -2.16. The molecule has 6 heteroatoms. The van der Waals surface area contributed by atoms with Gasteiger partial charge in [-0.05, 0) is 18.2 Å². The van der Waals surface area contributed by atoms with Gasteiger partial charge in [-0.2, -0.15) is 0 Å². The molecule has 0 saturated heterocycles. The first-order valence-electron chi connectivity index (χ1n) is 4.96. The molecular weight excluding hydrogens is 225 g/mol. The minimum absolute atomic E-state index is 0.0629. The number of halogens is 1. The predicted molar refractivity (Wildman–Crippen MR) is 61.8 cm³/mol. The molecule has 5 nitrogen and oxygen atoms in total. The zero-order valence-corrected chi connectivity index (χ0v) is 9.66. The van der Waals surface area contributed by atoms with Crippen LogP contribution in [0.2, 0.25) is 0 Å². The van der Waals surface area contributed by atoms with E-state index in [9.17, 15) is 14.0 Å². The van der Waals surface area contributed by atoms with Gasteiger partial charge in [-0.25, -0.2) is 4.39 Å². The van der Waals surface area contributed by atoms with Crippen LogP contribution < -0.4 is 11.1 Å². The number of nitrogens with one attached hydrogen (secondary N) is 1. The predicted octanol–water partition coefficient (Wildman–Crippen LogP) is 0.226. The van der Waals surface area contributed by atoms with Crippen molar-refractivity contribution in [3.63, 3.8) is 0 Å². The van der Waals surface area contributed by atoms with E-state index in [1.807, 2.05) is 0 Å². The Hall–Kier alpha value is -2.11. The fourth-order valence-electron chi connectivity index (χ4n) is 1.26. The van der Waals surface area contributed by atoms with Crippen LogP contribution in [0.15, 0.2) is 18.2 Å². The van der Waals surface area contributed by atoms with Gasteiger partial charge in [0.05, 0.1) is 12.2 Å². The van der Waals surface area contributed by atoms with Crippen LogP contribution in [0.5, 0.6) is 0 Å². The second kappa shape index (κ2) is 5.29. The number of carbonyl (C=O) groups excluding carboxylic acids is 2. The SMILES string of the molecule is CNC(=O)CN(C)C(=O)c1ccc(F)c(N)c1. The van der Waals surface area contributed by atoms with Crippen LogP contribution in [0.25, 0.3) is 0 Å². The third-order valence-corrected chi connectivity index (χ3v) is 2.25. The number of anilines is 1. The van der Waals surface area contributed by atoms with Crippen molar-refractivity contribution in [2.24, 2.45) is 0 Å². The van der Waals surface area contributed by atoms with Gasteiger partial charge in [-0.15, -0.1) is 0 Å². The van der Waals surface area contributed by atoms with Gasteiger partial charge < -0.3 is 16.0 Å². The topological polar surface area (TPSA) is 75.4 Å². The smallest absolute Gasteiger partial charge is 0.254 e. The largest absolute Gasteiger partial charge is 0.396 e. The minimum atomic E-state index is -0.574. The van der Waals surface area contributed by atoms with E-state index in [2.05, 4.69) is 5.32 Å². The molecule has 0 aliphatic rings. The van der Waals surface area contributed by atoms with E-state index in [4.69, 9.17) is 5.73 Å². The molecule has 0 saturated carbocycles. The number of benzene rings is 1. The summed E-state index contributed by atoms with van der Waals surface area (Å²) in [7, 11) is 2.97. The Bertz CT molecular complexity index is 448. The van der Waals surface area contributed by atoms with Crippen LogP contribution in [0.4, 0.5) is 10.1 Å². The van der Waals surface area contributed by atoms with E-state index < -0.39 is 5.82 Å². The molecule has 1 aromatic rings. The Morgan fingerprint density at radius 2 is 2.12 bits per heavy atom. The van der Waals surface area contributed by atoms with Gasteiger partial charge in [-0.1, -0.05) is 0 Å². The van der Waals surface area contributed by atoms with Crippen LogP contribution >= 0.6 is 0 Å². The highest BCUT2D eigenvalue weighted by atomic mass is 19.1. The van der Waals surface area contributed by atoms with Gasteiger partial charge in [0.25, 0.3) is 5.91 Å². The zero-order chi connectivity index (χ0) is 13.0. The third-order valence-electron chi connectivity index (χ3n) is 2.25. The molecular formula is C11H14FN3O2. The van der Waals surface area contributed by atoms with Crippen LogP contribution in [-0.4, -0.2) is 37.4 Å². The summed E-state index contributed by atoms with van der Waals surface area (Å²) >= 11 is 0. The monoisotopic (exact) mass is 239 g/mol. The molecule has 0 aliphatic carbocycles. The van der Waals surface area contributed by atoms with Crippen molar-refractivity contribution in [2.45, 2.75) is 0 Å². The first-order chi connectivity index (χ1) is 7.95. The Kier molecular flexibility index (Phi) is 4.03. The van der Waals surface area contributed by atoms with E-state index in [1.54, 1.807) is 0 Å². The summed E-state index contributed by atoms with van der Waals surface area (Å²) in [6.07, 6.45) is 0. The van der Waals surface area contributed by atoms with Crippen molar-refractivity contribution in [1.29, 1.82) is 0 Å². The van der Waals surface area contributed by atoms with Crippen LogP contribution in [0, 0.1) is 5.82 Å². The molecule has 0 bridgehead atoms. The van der Waals surface area contributed by atoms with E-state index in [-0.39, 0.29) is 29.6 Å². The van der Waals surface area contributed by atoms with Gasteiger partial charge in [0.1, 0.15) is 5.82 Å². The molecule has 0 unspecified atom stereocenters. The highest BCUT2D eigenvalue weighted by Crippen LogP contribution is 2.13. The molecule has 2 amide bonds. The number of nitrogens with two attached hydrogens (primary N) is 1. The summed E-state index contributed by atoms with van der Waals surface area (Å²) in [6, 6.07) is 3.70. The molecule has 92 valence electrons. The average molecular weight is 239 g/mol. The Morgan fingerprint density at radius 3 is 2.65 bits per heavy atom. The molecule has 17 heavy (non-hydrogen) atoms. The number of amides is 2. The standard InChI is InChI=1S/C11H14FN3O2/c1-14-10(16)6-15(2)11(17)7-3-4-8(12)9(13)5-7/h3-5H,6,13H2,1-2H3,(H,14,16). The zero-order valence-electron chi connectivity index (χ0n) is 9.66. The average Bonchev–Trinajstić information content (AvgIpc) is 2.31. The lowest BCUT2D eigenvalue weighted by atomic mass is 10.1. The Labute approximate surface area is 98.4 Å². The van der Waals surface area contributed by atoms with Crippen LogP contribution in [0.1, 0.15) is 10.4 Å². The maximum absolute atomic E-state index is 12.9. The molecule has 1 aromatic carbocycles. The molecule has 1 rings (SSSR count). The summed E-state index contributed by atoms with van der Waals surface area (Å²) in [4.78, 5) is 24.1. The van der Waals surface area contributed by atoms with E-state index >= 15 is 0 Å². The summed E-state index contributed by atoms with van der Waals surface area (Å²) in [5.41, 5.74) is 5.51.